The molecule has 1 atom stereocenters. The Hall–Kier alpha value is -2.39. The van der Waals surface area contributed by atoms with Gasteiger partial charge in [-0.3, -0.25) is 0 Å². The minimum Gasteiger partial charge on any atom is -0.497 e. The Labute approximate surface area is 152 Å². The highest BCUT2D eigenvalue weighted by atomic mass is 32.2. The molecule has 140 valence electrons. The Bertz CT molecular complexity index is 845. The first-order chi connectivity index (χ1) is 12.5. The van der Waals surface area contributed by atoms with Crippen molar-refractivity contribution in [3.8, 4) is 17.5 Å². The fourth-order valence-electron chi connectivity index (χ4n) is 2.84. The largest absolute Gasteiger partial charge is 0.497 e. The van der Waals surface area contributed by atoms with Crippen LogP contribution in [0.5, 0.6) is 17.5 Å². The number of methoxy groups -OCH3 is 2. The Morgan fingerprint density at radius 3 is 2.62 bits per heavy atom. The number of aromatic nitrogens is 2. The second-order valence-electron chi connectivity index (χ2n) is 5.79. The van der Waals surface area contributed by atoms with Gasteiger partial charge in [0, 0.05) is 25.0 Å². The first-order valence-electron chi connectivity index (χ1n) is 8.20. The third kappa shape index (κ3) is 3.88. The van der Waals surface area contributed by atoms with Crippen LogP contribution < -0.4 is 14.2 Å². The average Bonchev–Trinajstić information content (AvgIpc) is 2.68. The summed E-state index contributed by atoms with van der Waals surface area (Å²) in [5, 5.41) is 0. The van der Waals surface area contributed by atoms with Crippen LogP contribution in [0.15, 0.2) is 41.6 Å². The predicted octanol–water partition coefficient (Wildman–Crippen LogP) is 1.73. The highest BCUT2D eigenvalue weighted by molar-refractivity contribution is 7.89. The van der Waals surface area contributed by atoms with Gasteiger partial charge in [-0.05, 0) is 31.0 Å². The van der Waals surface area contributed by atoms with Crippen LogP contribution in [0.1, 0.15) is 12.8 Å². The zero-order valence-corrected chi connectivity index (χ0v) is 15.5. The summed E-state index contributed by atoms with van der Waals surface area (Å²) in [6.07, 6.45) is 4.30. The van der Waals surface area contributed by atoms with E-state index in [2.05, 4.69) is 9.97 Å². The molecular formula is C17H21N3O5S. The maximum Gasteiger partial charge on any atom is 0.316 e. The minimum absolute atomic E-state index is 0.109. The molecule has 0 saturated carbocycles. The summed E-state index contributed by atoms with van der Waals surface area (Å²) in [6.45, 7) is 0.656. The van der Waals surface area contributed by atoms with E-state index < -0.39 is 10.0 Å². The number of hydrogen-bond donors (Lipinski definition) is 0. The lowest BCUT2D eigenvalue weighted by Crippen LogP contribution is -2.44. The van der Waals surface area contributed by atoms with Crippen LogP contribution >= 0.6 is 0 Å². The van der Waals surface area contributed by atoms with Crippen LogP contribution in [0.4, 0.5) is 0 Å². The zero-order chi connectivity index (χ0) is 18.6. The molecule has 0 aliphatic carbocycles. The van der Waals surface area contributed by atoms with Crippen molar-refractivity contribution >= 4 is 10.0 Å². The summed E-state index contributed by atoms with van der Waals surface area (Å²) in [5.74, 6) is 0.778. The molecule has 0 amide bonds. The highest BCUT2D eigenvalue weighted by Crippen LogP contribution is 2.32. The quantitative estimate of drug-likeness (QED) is 0.755. The molecule has 9 heteroatoms. The van der Waals surface area contributed by atoms with Gasteiger partial charge in [-0.15, -0.1) is 0 Å². The van der Waals surface area contributed by atoms with E-state index in [1.54, 1.807) is 30.6 Å². The third-order valence-corrected chi connectivity index (χ3v) is 6.05. The second kappa shape index (κ2) is 7.88. The van der Waals surface area contributed by atoms with Crippen molar-refractivity contribution in [1.82, 2.24) is 14.3 Å². The molecule has 1 saturated heterocycles. The van der Waals surface area contributed by atoms with E-state index in [1.165, 1.54) is 24.6 Å². The summed E-state index contributed by atoms with van der Waals surface area (Å²) in [6, 6.07) is 6.60. The molecular weight excluding hydrogens is 358 g/mol. The summed E-state index contributed by atoms with van der Waals surface area (Å²) in [4.78, 5) is 8.17. The van der Waals surface area contributed by atoms with E-state index in [9.17, 15) is 8.42 Å². The molecule has 0 N–H and O–H groups in total. The normalized spacial score (nSPS) is 18.3. The van der Waals surface area contributed by atoms with Gasteiger partial charge in [0.1, 0.15) is 22.5 Å². The number of piperidine rings is 1. The maximum atomic E-state index is 13.1. The van der Waals surface area contributed by atoms with Crippen molar-refractivity contribution in [2.24, 2.45) is 0 Å². The van der Waals surface area contributed by atoms with Gasteiger partial charge in [0.15, 0.2) is 0 Å². The van der Waals surface area contributed by atoms with Gasteiger partial charge in [-0.25, -0.2) is 18.4 Å². The molecule has 1 aliphatic rings. The van der Waals surface area contributed by atoms with Crippen LogP contribution in [-0.2, 0) is 10.0 Å². The number of nitrogens with zero attached hydrogens (tertiary/aromatic N) is 3. The van der Waals surface area contributed by atoms with Gasteiger partial charge in [0.25, 0.3) is 0 Å². The standard InChI is InChI=1S/C17H21N3O5S/c1-23-13-6-7-16(15(11-13)24-2)26(21,22)20-10-3-5-14(12-20)25-17-18-8-4-9-19-17/h4,6-9,11,14H,3,5,10,12H2,1-2H3. The van der Waals surface area contributed by atoms with Gasteiger partial charge in [0.05, 0.1) is 20.8 Å². The molecule has 2 heterocycles. The topological polar surface area (TPSA) is 90.9 Å². The second-order valence-corrected chi connectivity index (χ2v) is 7.70. The number of ether oxygens (including phenoxy) is 3. The van der Waals surface area contributed by atoms with Crippen LogP contribution in [-0.4, -0.2) is 56.1 Å². The van der Waals surface area contributed by atoms with Crippen LogP contribution in [0.3, 0.4) is 0 Å². The van der Waals surface area contributed by atoms with E-state index in [4.69, 9.17) is 14.2 Å². The van der Waals surface area contributed by atoms with Crippen molar-refractivity contribution in [1.29, 1.82) is 0 Å². The molecule has 1 fully saturated rings. The molecule has 0 radical (unpaired) electrons. The monoisotopic (exact) mass is 379 g/mol. The number of rotatable bonds is 6. The molecule has 1 aliphatic heterocycles. The van der Waals surface area contributed by atoms with Crippen molar-refractivity contribution in [2.45, 2.75) is 23.8 Å². The van der Waals surface area contributed by atoms with Crippen LogP contribution in [0, 0.1) is 0 Å². The summed E-state index contributed by atoms with van der Waals surface area (Å²) < 4.78 is 43.7. The van der Waals surface area contributed by atoms with Crippen molar-refractivity contribution in [3.63, 3.8) is 0 Å². The van der Waals surface area contributed by atoms with Gasteiger partial charge < -0.3 is 14.2 Å². The third-order valence-electron chi connectivity index (χ3n) is 4.14. The molecule has 26 heavy (non-hydrogen) atoms. The first-order valence-corrected chi connectivity index (χ1v) is 9.64. The first kappa shape index (κ1) is 18.4. The van der Waals surface area contributed by atoms with Crippen molar-refractivity contribution in [3.05, 3.63) is 36.7 Å². The lowest BCUT2D eigenvalue weighted by Gasteiger charge is -2.31. The molecule has 2 aromatic rings. The summed E-state index contributed by atoms with van der Waals surface area (Å²) in [7, 11) is -0.775. The van der Waals surface area contributed by atoms with E-state index in [0.29, 0.717) is 18.7 Å². The van der Waals surface area contributed by atoms with Crippen molar-refractivity contribution < 1.29 is 22.6 Å². The smallest absolute Gasteiger partial charge is 0.316 e. The van der Waals surface area contributed by atoms with Crippen LogP contribution in [0.25, 0.3) is 0 Å². The van der Waals surface area contributed by atoms with Crippen molar-refractivity contribution in [2.75, 3.05) is 27.3 Å². The molecule has 3 rings (SSSR count). The molecule has 0 spiro atoms. The Morgan fingerprint density at radius 2 is 1.92 bits per heavy atom. The number of benzene rings is 1. The SMILES string of the molecule is COc1ccc(S(=O)(=O)N2CCCC(Oc3ncccn3)C2)c(OC)c1. The van der Waals surface area contributed by atoms with E-state index in [-0.39, 0.29) is 29.3 Å². The van der Waals surface area contributed by atoms with Gasteiger partial charge in [0.2, 0.25) is 10.0 Å². The summed E-state index contributed by atoms with van der Waals surface area (Å²) in [5.41, 5.74) is 0. The zero-order valence-electron chi connectivity index (χ0n) is 14.7. The summed E-state index contributed by atoms with van der Waals surface area (Å²) >= 11 is 0. The molecule has 8 nitrogen and oxygen atoms in total. The average molecular weight is 379 g/mol. The Balaban J connectivity index is 1.80. The van der Waals surface area contributed by atoms with E-state index >= 15 is 0 Å². The number of hydrogen-bond acceptors (Lipinski definition) is 7. The van der Waals surface area contributed by atoms with E-state index in [0.717, 1.165) is 6.42 Å². The minimum atomic E-state index is -3.72. The van der Waals surface area contributed by atoms with Crippen LogP contribution in [0.2, 0.25) is 0 Å². The Kier molecular flexibility index (Phi) is 5.58. The maximum absolute atomic E-state index is 13.1. The molecule has 1 aromatic heterocycles. The molecule has 1 unspecified atom stereocenters. The lowest BCUT2D eigenvalue weighted by atomic mass is 10.1. The van der Waals surface area contributed by atoms with Gasteiger partial charge >= 0.3 is 6.01 Å². The predicted molar refractivity (Wildman–Crippen MR) is 94.0 cm³/mol. The highest BCUT2D eigenvalue weighted by Gasteiger charge is 2.33. The Morgan fingerprint density at radius 1 is 1.15 bits per heavy atom. The fourth-order valence-corrected chi connectivity index (χ4v) is 4.49. The van der Waals surface area contributed by atoms with Gasteiger partial charge in [-0.1, -0.05) is 0 Å². The van der Waals surface area contributed by atoms with E-state index in [1.807, 2.05) is 0 Å². The molecule has 0 bridgehead atoms. The van der Waals surface area contributed by atoms with Gasteiger partial charge in [-0.2, -0.15) is 4.31 Å². The fraction of sp³-hybridized carbons (Fsp3) is 0.412. The lowest BCUT2D eigenvalue weighted by molar-refractivity contribution is 0.119. The number of sulfonamides is 1. The molecule has 1 aromatic carbocycles.